The van der Waals surface area contributed by atoms with E-state index in [0.29, 0.717) is 5.56 Å². The van der Waals surface area contributed by atoms with E-state index in [1.165, 1.54) is 28.5 Å². The van der Waals surface area contributed by atoms with Gasteiger partial charge in [0.15, 0.2) is 0 Å². The van der Waals surface area contributed by atoms with Gasteiger partial charge < -0.3 is 4.74 Å². The Labute approximate surface area is 107 Å². The van der Waals surface area contributed by atoms with Crippen LogP contribution in [-0.2, 0) is 16.3 Å². The number of alkyl halides is 3. The standard InChI is InChI=1S/C8H5ClF3O.BrH.Zn/c1-5-2-3-7(6(9)4-5)13-8(10,11)12;;/h2-4H,1H2;1H;/q-1;;+2/p-1. The molecule has 80 valence electrons. The van der Waals surface area contributed by atoms with Gasteiger partial charge in [0.25, 0.3) is 0 Å². The molecule has 0 heterocycles. The molecule has 0 aliphatic carbocycles. The molecule has 0 saturated carbocycles. The van der Waals surface area contributed by atoms with Gasteiger partial charge in [-0.1, -0.05) is 17.7 Å². The molecule has 1 aromatic rings. The first-order valence-corrected chi connectivity index (χ1v) is 10.8. The number of hydrogen-bond donors (Lipinski definition) is 0. The SMILES string of the molecule is [CH2-]c1ccc(OC(F)(F)F)c(Cl)c1.[Zn+][Br]. The molecule has 1 aromatic carbocycles. The molecule has 1 nitrogen and oxygen atoms in total. The number of ether oxygens (including phenoxy) is 1. The van der Waals surface area contributed by atoms with E-state index >= 15 is 0 Å². The fourth-order valence-corrected chi connectivity index (χ4v) is 0.994. The zero-order chi connectivity index (χ0) is 12.1. The molecular weight excluding hydrogens is 350 g/mol. The van der Waals surface area contributed by atoms with Crippen LogP contribution in [0.2, 0.25) is 5.02 Å². The second-order valence-corrected chi connectivity index (χ2v) is 2.72. The Balaban J connectivity index is 0.000000921. The average molecular weight is 355 g/mol. The maximum absolute atomic E-state index is 11.7. The van der Waals surface area contributed by atoms with E-state index in [4.69, 9.17) is 11.6 Å². The monoisotopic (exact) mass is 352 g/mol. The van der Waals surface area contributed by atoms with Gasteiger partial charge >= 0.3 is 36.3 Å². The fourth-order valence-electron chi connectivity index (χ4n) is 0.752. The van der Waals surface area contributed by atoms with Gasteiger partial charge in [-0.15, -0.1) is 19.2 Å². The summed E-state index contributed by atoms with van der Waals surface area (Å²) in [6.07, 6.45) is -4.72. The zero-order valence-electron chi connectivity index (χ0n) is 7.44. The van der Waals surface area contributed by atoms with Gasteiger partial charge in [0.1, 0.15) is 5.75 Å². The third kappa shape index (κ3) is 6.28. The van der Waals surface area contributed by atoms with Crippen molar-refractivity contribution in [2.45, 2.75) is 6.36 Å². The summed E-state index contributed by atoms with van der Waals surface area (Å²) in [5.74, 6) is -0.415. The Morgan fingerprint density at radius 1 is 1.33 bits per heavy atom. The zero-order valence-corrected chi connectivity index (χ0v) is 12.8. The summed E-state index contributed by atoms with van der Waals surface area (Å²) in [7, 11) is 0. The molecule has 15 heavy (non-hydrogen) atoms. The second kappa shape index (κ2) is 6.61. The number of benzene rings is 1. The van der Waals surface area contributed by atoms with Crippen LogP contribution in [0.5, 0.6) is 5.75 Å². The summed E-state index contributed by atoms with van der Waals surface area (Å²) < 4.78 is 38.8. The summed E-state index contributed by atoms with van der Waals surface area (Å²) in [6.45, 7) is 3.50. The maximum atomic E-state index is 11.7. The van der Waals surface area contributed by atoms with Crippen LogP contribution in [0, 0.1) is 6.92 Å². The van der Waals surface area contributed by atoms with Crippen molar-refractivity contribution < 1.29 is 34.3 Å². The van der Waals surface area contributed by atoms with Crippen LogP contribution in [0.25, 0.3) is 0 Å². The van der Waals surface area contributed by atoms with Crippen LogP contribution in [0.3, 0.4) is 0 Å². The van der Waals surface area contributed by atoms with Gasteiger partial charge in [0.05, 0.1) is 0 Å². The Hall–Kier alpha value is 0.0734. The summed E-state index contributed by atoms with van der Waals surface area (Å²) in [5.41, 5.74) is 0.527. The van der Waals surface area contributed by atoms with E-state index in [-0.39, 0.29) is 5.02 Å². The normalized spacial score (nSPS) is 10.3. The van der Waals surface area contributed by atoms with Gasteiger partial charge in [0, 0.05) is 5.02 Å². The molecule has 0 aliphatic heterocycles. The number of halogens is 5. The Morgan fingerprint density at radius 2 is 1.87 bits per heavy atom. The first kappa shape index (κ1) is 15.1. The predicted molar refractivity (Wildman–Crippen MR) is 51.5 cm³/mol. The van der Waals surface area contributed by atoms with Crippen molar-refractivity contribution in [2.24, 2.45) is 0 Å². The van der Waals surface area contributed by atoms with Gasteiger partial charge in [-0.2, -0.15) is 18.6 Å². The second-order valence-electron chi connectivity index (χ2n) is 2.31. The van der Waals surface area contributed by atoms with Crippen molar-refractivity contribution in [3.05, 3.63) is 35.7 Å². The van der Waals surface area contributed by atoms with Crippen molar-refractivity contribution in [1.29, 1.82) is 0 Å². The minimum absolute atomic E-state index is 0.107. The van der Waals surface area contributed by atoms with Crippen LogP contribution >= 0.6 is 25.2 Å². The van der Waals surface area contributed by atoms with Gasteiger partial charge in [0.2, 0.25) is 0 Å². The Morgan fingerprint density at radius 3 is 2.27 bits per heavy atom. The summed E-state index contributed by atoms with van der Waals surface area (Å²) in [6, 6.07) is 3.80. The van der Waals surface area contributed by atoms with Crippen molar-refractivity contribution in [3.63, 3.8) is 0 Å². The molecule has 0 aromatic heterocycles. The van der Waals surface area contributed by atoms with Crippen molar-refractivity contribution in [3.8, 4) is 5.75 Å². The van der Waals surface area contributed by atoms with Crippen LogP contribution in [-0.4, -0.2) is 6.36 Å². The molecule has 0 spiro atoms. The molecule has 0 radical (unpaired) electrons. The first-order valence-electron chi connectivity index (χ1n) is 3.52. The molecule has 0 unspecified atom stereocenters. The Kier molecular flexibility index (Phi) is 6.64. The molecule has 0 N–H and O–H groups in total. The third-order valence-corrected chi connectivity index (χ3v) is 1.52. The first-order chi connectivity index (χ1) is 6.88. The molecule has 0 fully saturated rings. The topological polar surface area (TPSA) is 9.23 Å². The van der Waals surface area contributed by atoms with Crippen molar-refractivity contribution >= 4 is 25.2 Å². The van der Waals surface area contributed by atoms with Crippen molar-refractivity contribution in [1.82, 2.24) is 0 Å². The molecule has 0 amide bonds. The molecule has 0 saturated heterocycles. The van der Waals surface area contributed by atoms with Gasteiger partial charge in [-0.25, -0.2) is 0 Å². The molecular formula is C8H5BrClF3OZn. The van der Waals surface area contributed by atoms with E-state index in [2.05, 4.69) is 25.3 Å². The third-order valence-electron chi connectivity index (χ3n) is 1.22. The quantitative estimate of drug-likeness (QED) is 0.540. The van der Waals surface area contributed by atoms with E-state index in [1.54, 1.807) is 0 Å². The molecule has 7 heteroatoms. The molecule has 0 aliphatic rings. The van der Waals surface area contributed by atoms with Crippen molar-refractivity contribution in [2.75, 3.05) is 0 Å². The van der Waals surface area contributed by atoms with E-state index in [1.807, 2.05) is 0 Å². The van der Waals surface area contributed by atoms with Crippen LogP contribution in [0.4, 0.5) is 13.2 Å². The van der Waals surface area contributed by atoms with E-state index in [9.17, 15) is 13.2 Å². The fraction of sp³-hybridized carbons (Fsp3) is 0.125. The van der Waals surface area contributed by atoms with E-state index < -0.39 is 12.1 Å². The summed E-state index contributed by atoms with van der Waals surface area (Å²) in [4.78, 5) is 0. The van der Waals surface area contributed by atoms with Crippen LogP contribution < -0.4 is 4.74 Å². The van der Waals surface area contributed by atoms with E-state index in [0.717, 1.165) is 6.07 Å². The number of hydrogen-bond acceptors (Lipinski definition) is 1. The molecule has 0 bridgehead atoms. The van der Waals surface area contributed by atoms with Crippen LogP contribution in [0.1, 0.15) is 5.56 Å². The summed E-state index contributed by atoms with van der Waals surface area (Å²) >= 11 is 9.72. The minimum atomic E-state index is -4.72. The van der Waals surface area contributed by atoms with Gasteiger partial charge in [-0.3, -0.25) is 0 Å². The number of rotatable bonds is 1. The van der Waals surface area contributed by atoms with Crippen LogP contribution in [0.15, 0.2) is 18.2 Å². The Bertz CT molecular complexity index is 319. The molecule has 0 atom stereocenters. The predicted octanol–water partition coefficient (Wildman–Crippen LogP) is 4.26. The molecule has 1 rings (SSSR count). The summed E-state index contributed by atoms with van der Waals surface area (Å²) in [5, 5.41) is -0.107. The van der Waals surface area contributed by atoms with Gasteiger partial charge in [-0.05, 0) is 0 Å². The average Bonchev–Trinajstić information content (AvgIpc) is 2.12.